The lowest BCUT2D eigenvalue weighted by Gasteiger charge is -2.19. The molecule has 10 heteroatoms. The molecule has 0 saturated carbocycles. The molecule has 2 aromatic rings. The van der Waals surface area contributed by atoms with Crippen LogP contribution in [-0.2, 0) is 10.0 Å². The molecular weight excluding hydrogens is 376 g/mol. The molecule has 0 spiro atoms. The minimum absolute atomic E-state index is 0.0768. The van der Waals surface area contributed by atoms with Gasteiger partial charge in [0.15, 0.2) is 5.96 Å². The average molecular weight is 397 g/mol. The summed E-state index contributed by atoms with van der Waals surface area (Å²) in [5.74, 6) is -0.951. The molecule has 0 aliphatic carbocycles. The number of halogens is 2. The van der Waals surface area contributed by atoms with E-state index in [0.717, 1.165) is 6.07 Å². The molecule has 1 aromatic carbocycles. The molecule has 1 unspecified atom stereocenters. The highest BCUT2D eigenvalue weighted by Crippen LogP contribution is 2.17. The van der Waals surface area contributed by atoms with Gasteiger partial charge in [-0.3, -0.25) is 9.98 Å². The number of aliphatic imine (C=N–C) groups is 1. The molecule has 146 valence electrons. The van der Waals surface area contributed by atoms with E-state index in [0.29, 0.717) is 5.96 Å². The van der Waals surface area contributed by atoms with Gasteiger partial charge in [-0.05, 0) is 25.1 Å². The zero-order valence-electron chi connectivity index (χ0n) is 14.9. The maximum Gasteiger partial charge on any atom is 0.242 e. The van der Waals surface area contributed by atoms with Crippen molar-refractivity contribution >= 4 is 16.0 Å². The fourth-order valence-electron chi connectivity index (χ4n) is 2.29. The molecule has 0 bridgehead atoms. The van der Waals surface area contributed by atoms with Gasteiger partial charge in [-0.2, -0.15) is 0 Å². The molecule has 0 amide bonds. The van der Waals surface area contributed by atoms with Crippen LogP contribution in [0.5, 0.6) is 0 Å². The minimum Gasteiger partial charge on any atom is -0.355 e. The topological polar surface area (TPSA) is 95.5 Å². The molecule has 27 heavy (non-hydrogen) atoms. The van der Waals surface area contributed by atoms with E-state index in [-0.39, 0.29) is 23.5 Å². The Labute approximate surface area is 157 Å². The summed E-state index contributed by atoms with van der Waals surface area (Å²) in [6.45, 7) is 2.06. The van der Waals surface area contributed by atoms with E-state index in [1.807, 2.05) is 0 Å². The maximum absolute atomic E-state index is 13.8. The van der Waals surface area contributed by atoms with Crippen molar-refractivity contribution in [3.05, 3.63) is 59.9 Å². The Morgan fingerprint density at radius 1 is 1.26 bits per heavy atom. The van der Waals surface area contributed by atoms with Crippen molar-refractivity contribution in [1.29, 1.82) is 0 Å². The van der Waals surface area contributed by atoms with Crippen molar-refractivity contribution in [3.8, 4) is 0 Å². The first-order chi connectivity index (χ1) is 12.8. The van der Waals surface area contributed by atoms with Crippen LogP contribution in [0.4, 0.5) is 8.78 Å². The summed E-state index contributed by atoms with van der Waals surface area (Å²) in [7, 11) is -2.11. The van der Waals surface area contributed by atoms with E-state index >= 15 is 0 Å². The van der Waals surface area contributed by atoms with Gasteiger partial charge in [0.2, 0.25) is 10.0 Å². The number of hydrogen-bond acceptors (Lipinski definition) is 4. The van der Waals surface area contributed by atoms with Crippen LogP contribution in [-0.4, -0.2) is 39.5 Å². The lowest BCUT2D eigenvalue weighted by molar-refractivity contribution is 0.550. The predicted molar refractivity (Wildman–Crippen MR) is 98.7 cm³/mol. The molecule has 7 nitrogen and oxygen atoms in total. The van der Waals surface area contributed by atoms with Gasteiger partial charge in [0.25, 0.3) is 0 Å². The predicted octanol–water partition coefficient (Wildman–Crippen LogP) is 1.56. The number of pyridine rings is 1. The van der Waals surface area contributed by atoms with E-state index in [2.05, 4.69) is 25.3 Å². The molecular formula is C17H21F2N5O2S. The molecule has 3 N–H and O–H groups in total. The van der Waals surface area contributed by atoms with Crippen LogP contribution in [0.3, 0.4) is 0 Å². The second-order valence-electron chi connectivity index (χ2n) is 5.62. The zero-order chi connectivity index (χ0) is 19.9. The van der Waals surface area contributed by atoms with Gasteiger partial charge in [-0.15, -0.1) is 0 Å². The number of rotatable bonds is 7. The van der Waals surface area contributed by atoms with Crippen molar-refractivity contribution in [2.24, 2.45) is 4.99 Å². The Balaban J connectivity index is 1.85. The Bertz CT molecular complexity index is 891. The fourth-order valence-corrected chi connectivity index (χ4v) is 3.28. The Morgan fingerprint density at radius 2 is 2.04 bits per heavy atom. The average Bonchev–Trinajstić information content (AvgIpc) is 2.64. The Hall–Kier alpha value is -2.59. The Morgan fingerprint density at radius 3 is 2.67 bits per heavy atom. The number of benzene rings is 1. The second-order valence-corrected chi connectivity index (χ2v) is 7.38. The van der Waals surface area contributed by atoms with Crippen LogP contribution in [0.2, 0.25) is 0 Å². The SMILES string of the molecule is CN=C(NCCNS(=O)(=O)c1cccnc1)NC(C)c1ccc(F)cc1F. The molecule has 0 aliphatic heterocycles. The molecule has 1 heterocycles. The van der Waals surface area contributed by atoms with Crippen LogP contribution >= 0.6 is 0 Å². The fraction of sp³-hybridized carbons (Fsp3) is 0.294. The normalized spacial score (nSPS) is 13.3. The molecule has 2 rings (SSSR count). The van der Waals surface area contributed by atoms with E-state index in [1.54, 1.807) is 6.92 Å². The van der Waals surface area contributed by atoms with E-state index in [1.165, 1.54) is 43.7 Å². The first kappa shape index (κ1) is 20.7. The van der Waals surface area contributed by atoms with Crippen molar-refractivity contribution in [2.75, 3.05) is 20.1 Å². The highest BCUT2D eigenvalue weighted by atomic mass is 32.2. The number of nitrogens with zero attached hydrogens (tertiary/aromatic N) is 2. The van der Waals surface area contributed by atoms with Crippen molar-refractivity contribution < 1.29 is 17.2 Å². The summed E-state index contributed by atoms with van der Waals surface area (Å²) in [6.07, 6.45) is 2.75. The number of aromatic nitrogens is 1. The van der Waals surface area contributed by atoms with Crippen molar-refractivity contribution in [3.63, 3.8) is 0 Å². The van der Waals surface area contributed by atoms with Gasteiger partial charge >= 0.3 is 0 Å². The maximum atomic E-state index is 13.8. The largest absolute Gasteiger partial charge is 0.355 e. The number of nitrogens with one attached hydrogen (secondary N) is 3. The van der Waals surface area contributed by atoms with Gasteiger partial charge in [0, 0.05) is 44.2 Å². The van der Waals surface area contributed by atoms with E-state index in [4.69, 9.17) is 0 Å². The van der Waals surface area contributed by atoms with Crippen molar-refractivity contribution in [2.45, 2.75) is 17.9 Å². The Kier molecular flexibility index (Phi) is 7.19. The zero-order valence-corrected chi connectivity index (χ0v) is 15.7. The first-order valence-electron chi connectivity index (χ1n) is 8.15. The summed E-state index contributed by atoms with van der Waals surface area (Å²) in [5.41, 5.74) is 0.289. The summed E-state index contributed by atoms with van der Waals surface area (Å²) in [6, 6.07) is 5.87. The van der Waals surface area contributed by atoms with Gasteiger partial charge in [-0.1, -0.05) is 6.07 Å². The third-order valence-electron chi connectivity index (χ3n) is 3.66. The first-order valence-corrected chi connectivity index (χ1v) is 9.63. The van der Waals surface area contributed by atoms with Gasteiger partial charge in [-0.25, -0.2) is 21.9 Å². The summed E-state index contributed by atoms with van der Waals surface area (Å²) < 4.78 is 53.4. The smallest absolute Gasteiger partial charge is 0.242 e. The van der Waals surface area contributed by atoms with Crippen LogP contribution in [0.15, 0.2) is 52.6 Å². The summed E-state index contributed by atoms with van der Waals surface area (Å²) in [4.78, 5) is 7.86. The van der Waals surface area contributed by atoms with Crippen LogP contribution in [0.1, 0.15) is 18.5 Å². The summed E-state index contributed by atoms with van der Waals surface area (Å²) >= 11 is 0. The highest BCUT2D eigenvalue weighted by molar-refractivity contribution is 7.89. The molecule has 0 saturated heterocycles. The molecule has 0 fully saturated rings. The molecule has 1 aromatic heterocycles. The van der Waals surface area contributed by atoms with E-state index < -0.39 is 27.7 Å². The van der Waals surface area contributed by atoms with Crippen molar-refractivity contribution in [1.82, 2.24) is 20.3 Å². The standard InChI is InChI=1S/C17H21F2N5O2S/c1-12(15-6-5-13(18)10-16(15)19)24-17(20-2)22-8-9-23-27(25,26)14-4-3-7-21-11-14/h3-7,10-12,23H,8-9H2,1-2H3,(H2,20,22,24). The second kappa shape index (κ2) is 9.38. The van der Waals surface area contributed by atoms with E-state index in [9.17, 15) is 17.2 Å². The summed E-state index contributed by atoms with van der Waals surface area (Å²) in [5, 5.41) is 5.89. The third kappa shape index (κ3) is 5.97. The third-order valence-corrected chi connectivity index (χ3v) is 5.11. The van der Waals surface area contributed by atoms with Crippen LogP contribution in [0.25, 0.3) is 0 Å². The molecule has 1 atom stereocenters. The molecule has 0 aliphatic rings. The quantitative estimate of drug-likeness (QED) is 0.374. The monoisotopic (exact) mass is 397 g/mol. The van der Waals surface area contributed by atoms with Crippen LogP contribution in [0, 0.1) is 11.6 Å². The number of sulfonamides is 1. The van der Waals surface area contributed by atoms with Gasteiger partial charge in [0.1, 0.15) is 16.5 Å². The number of guanidine groups is 1. The van der Waals surface area contributed by atoms with Gasteiger partial charge in [0.05, 0.1) is 6.04 Å². The van der Waals surface area contributed by atoms with Gasteiger partial charge < -0.3 is 10.6 Å². The minimum atomic E-state index is -3.64. The molecule has 0 radical (unpaired) electrons. The lowest BCUT2D eigenvalue weighted by Crippen LogP contribution is -2.42. The van der Waals surface area contributed by atoms with Crippen LogP contribution < -0.4 is 15.4 Å². The lowest BCUT2D eigenvalue weighted by atomic mass is 10.1. The number of hydrogen-bond donors (Lipinski definition) is 3. The highest BCUT2D eigenvalue weighted by Gasteiger charge is 2.14.